The minimum absolute atomic E-state index is 0.212. The van der Waals surface area contributed by atoms with Crippen molar-refractivity contribution >= 4 is 5.82 Å². The van der Waals surface area contributed by atoms with E-state index in [1.165, 1.54) is 18.2 Å². The number of benzene rings is 1. The summed E-state index contributed by atoms with van der Waals surface area (Å²) in [7, 11) is 0. The molecule has 0 spiro atoms. The molecule has 4 heterocycles. The van der Waals surface area contributed by atoms with Gasteiger partial charge in [0.15, 0.2) is 5.49 Å². The van der Waals surface area contributed by atoms with Gasteiger partial charge in [0.05, 0.1) is 17.2 Å². The number of nitrogens with one attached hydrogen (secondary N) is 1. The van der Waals surface area contributed by atoms with E-state index in [9.17, 15) is 31.1 Å². The Labute approximate surface area is 211 Å². The molecule has 1 aromatic carbocycles. The van der Waals surface area contributed by atoms with Crippen LogP contribution in [0.1, 0.15) is 29.9 Å². The summed E-state index contributed by atoms with van der Waals surface area (Å²) < 4.78 is 80.5. The number of halogens is 6. The number of rotatable bonds is 3. The lowest BCUT2D eigenvalue weighted by Crippen LogP contribution is -2.29. The molecular formula is C25H20F6N6O. The second-order valence-corrected chi connectivity index (χ2v) is 8.84. The Hall–Kier alpha value is -4.16. The van der Waals surface area contributed by atoms with Gasteiger partial charge in [-0.3, -0.25) is 9.79 Å². The Morgan fingerprint density at radius 2 is 1.79 bits per heavy atom. The number of aryl methyl sites for hydroxylation is 1. The molecule has 0 amide bonds. The number of hydrogen-bond acceptors (Lipinski definition) is 5. The van der Waals surface area contributed by atoms with E-state index in [4.69, 9.17) is 0 Å². The highest BCUT2D eigenvalue weighted by molar-refractivity contribution is 5.82. The van der Waals surface area contributed by atoms with Crippen molar-refractivity contribution in [3.05, 3.63) is 81.5 Å². The van der Waals surface area contributed by atoms with Gasteiger partial charge in [-0.2, -0.15) is 13.2 Å². The number of pyridine rings is 2. The van der Waals surface area contributed by atoms with Crippen LogP contribution in [0, 0.1) is 6.92 Å². The molecule has 38 heavy (non-hydrogen) atoms. The SMILES string of the molecule is Cc1nc2n3c(c(-c4ccn(C(F)(F)F)c(=O)c4)cc-2c(=N[C@H](C)c2cccc(C(F)(F)F)c2)n1)NCC3. The molecule has 13 heteroatoms. The van der Waals surface area contributed by atoms with Crippen molar-refractivity contribution in [1.82, 2.24) is 19.1 Å². The van der Waals surface area contributed by atoms with Crippen molar-refractivity contribution in [2.24, 2.45) is 4.99 Å². The van der Waals surface area contributed by atoms with E-state index in [-0.39, 0.29) is 15.6 Å². The molecule has 0 fully saturated rings. The molecule has 5 rings (SSSR count). The minimum atomic E-state index is -4.86. The van der Waals surface area contributed by atoms with Gasteiger partial charge < -0.3 is 9.88 Å². The van der Waals surface area contributed by atoms with Crippen LogP contribution in [0.2, 0.25) is 0 Å². The maximum absolute atomic E-state index is 13.2. The first kappa shape index (κ1) is 25.5. The third-order valence-electron chi connectivity index (χ3n) is 6.23. The maximum atomic E-state index is 13.2. The first-order valence-electron chi connectivity index (χ1n) is 11.5. The molecule has 1 aromatic heterocycles. The highest BCUT2D eigenvalue weighted by Crippen LogP contribution is 2.36. The van der Waals surface area contributed by atoms with E-state index < -0.39 is 29.6 Å². The van der Waals surface area contributed by atoms with Crippen LogP contribution in [0.25, 0.3) is 22.5 Å². The minimum Gasteiger partial charge on any atom is -0.369 e. The predicted octanol–water partition coefficient (Wildman–Crippen LogP) is 5.10. The van der Waals surface area contributed by atoms with Gasteiger partial charge in [0.25, 0.3) is 5.56 Å². The lowest BCUT2D eigenvalue weighted by Gasteiger charge is -2.19. The lowest BCUT2D eigenvalue weighted by atomic mass is 10.0. The van der Waals surface area contributed by atoms with E-state index in [1.54, 1.807) is 19.9 Å². The van der Waals surface area contributed by atoms with Crippen molar-refractivity contribution in [3.8, 4) is 22.5 Å². The van der Waals surface area contributed by atoms with Crippen molar-refractivity contribution < 1.29 is 26.3 Å². The van der Waals surface area contributed by atoms with Gasteiger partial charge in [0, 0.05) is 30.9 Å². The lowest BCUT2D eigenvalue weighted by molar-refractivity contribution is -0.206. The number of aromatic nitrogens is 4. The smallest absolute Gasteiger partial charge is 0.369 e. The van der Waals surface area contributed by atoms with Crippen LogP contribution in [0.15, 0.2) is 58.4 Å². The quantitative estimate of drug-likeness (QED) is 0.371. The molecule has 3 aliphatic rings. The third kappa shape index (κ3) is 4.63. The topological polar surface area (TPSA) is 77.1 Å². The van der Waals surface area contributed by atoms with E-state index in [1.807, 2.05) is 4.57 Å². The zero-order chi connectivity index (χ0) is 27.4. The summed E-state index contributed by atoms with van der Waals surface area (Å²) in [6.45, 7) is 4.30. The van der Waals surface area contributed by atoms with Crippen LogP contribution in [0.5, 0.6) is 0 Å². The fourth-order valence-electron chi connectivity index (χ4n) is 4.45. The average molecular weight is 534 g/mol. The van der Waals surface area contributed by atoms with Crippen molar-refractivity contribution in [1.29, 1.82) is 0 Å². The normalized spacial score (nSPS) is 15.0. The fourth-order valence-corrected chi connectivity index (χ4v) is 4.45. The van der Waals surface area contributed by atoms with Gasteiger partial charge in [-0.05, 0) is 49.2 Å². The summed E-state index contributed by atoms with van der Waals surface area (Å²) in [6.07, 6.45) is -8.70. The largest absolute Gasteiger partial charge is 0.491 e. The van der Waals surface area contributed by atoms with E-state index in [0.717, 1.165) is 18.2 Å². The van der Waals surface area contributed by atoms with Crippen LogP contribution < -0.4 is 16.4 Å². The van der Waals surface area contributed by atoms with Crippen LogP contribution in [0.3, 0.4) is 0 Å². The number of anilines is 1. The molecular weight excluding hydrogens is 514 g/mol. The zero-order valence-electron chi connectivity index (χ0n) is 20.0. The fraction of sp³-hybridized carbons (Fsp3) is 0.280. The molecule has 1 atom stereocenters. The zero-order valence-corrected chi connectivity index (χ0v) is 20.0. The van der Waals surface area contributed by atoms with E-state index in [2.05, 4.69) is 20.3 Å². The third-order valence-corrected chi connectivity index (χ3v) is 6.23. The number of nitrogens with zero attached hydrogens (tertiary/aromatic N) is 5. The Morgan fingerprint density at radius 1 is 1.03 bits per heavy atom. The predicted molar refractivity (Wildman–Crippen MR) is 126 cm³/mol. The Kier molecular flexibility index (Phi) is 6.03. The van der Waals surface area contributed by atoms with Crippen LogP contribution in [0.4, 0.5) is 32.2 Å². The van der Waals surface area contributed by atoms with Gasteiger partial charge in [0.2, 0.25) is 0 Å². The Bertz CT molecular complexity index is 1640. The van der Waals surface area contributed by atoms with Crippen LogP contribution >= 0.6 is 0 Å². The van der Waals surface area contributed by atoms with Crippen molar-refractivity contribution in [2.75, 3.05) is 11.9 Å². The van der Waals surface area contributed by atoms with Gasteiger partial charge in [0.1, 0.15) is 17.5 Å². The monoisotopic (exact) mass is 534 g/mol. The molecule has 0 aliphatic carbocycles. The van der Waals surface area contributed by atoms with Crippen molar-refractivity contribution in [2.45, 2.75) is 38.9 Å². The van der Waals surface area contributed by atoms with Gasteiger partial charge in [-0.15, -0.1) is 13.2 Å². The first-order chi connectivity index (χ1) is 17.8. The number of hydrogen-bond donors (Lipinski definition) is 1. The molecule has 0 saturated heterocycles. The molecule has 1 N–H and O–H groups in total. The Balaban J connectivity index is 1.70. The summed E-state index contributed by atoms with van der Waals surface area (Å²) >= 11 is 0. The van der Waals surface area contributed by atoms with Crippen LogP contribution in [-0.2, 0) is 19.0 Å². The maximum Gasteiger partial charge on any atom is 0.491 e. The van der Waals surface area contributed by atoms with Gasteiger partial charge in [-0.1, -0.05) is 12.1 Å². The molecule has 0 unspecified atom stereocenters. The summed E-state index contributed by atoms with van der Waals surface area (Å²) in [5.41, 5.74) is -0.367. The number of fused-ring (bicyclic) bond motifs is 3. The van der Waals surface area contributed by atoms with E-state index >= 15 is 0 Å². The highest BCUT2D eigenvalue weighted by atomic mass is 19.4. The van der Waals surface area contributed by atoms with Gasteiger partial charge >= 0.3 is 12.5 Å². The van der Waals surface area contributed by atoms with Gasteiger partial charge in [-0.25, -0.2) is 14.5 Å². The van der Waals surface area contributed by atoms with Crippen LogP contribution in [-0.4, -0.2) is 25.6 Å². The molecule has 7 nitrogen and oxygen atoms in total. The second-order valence-electron chi connectivity index (χ2n) is 8.84. The molecule has 0 saturated carbocycles. The summed E-state index contributed by atoms with van der Waals surface area (Å²) in [4.78, 5) is 25.8. The summed E-state index contributed by atoms with van der Waals surface area (Å²) in [5.74, 6) is 1.45. The molecule has 0 radical (unpaired) electrons. The molecule has 3 aliphatic heterocycles. The number of alkyl halides is 6. The molecule has 198 valence electrons. The van der Waals surface area contributed by atoms with E-state index in [0.29, 0.717) is 53.4 Å². The molecule has 0 bridgehead atoms. The summed E-state index contributed by atoms with van der Waals surface area (Å²) in [5, 5.41) is 3.18. The second kappa shape index (κ2) is 8.99. The molecule has 2 aromatic rings. The average Bonchev–Trinajstić information content (AvgIpc) is 3.33. The highest BCUT2D eigenvalue weighted by Gasteiger charge is 2.32. The first-order valence-corrected chi connectivity index (χ1v) is 11.5. The summed E-state index contributed by atoms with van der Waals surface area (Å²) in [6, 6.07) is 7.86. The Morgan fingerprint density at radius 3 is 2.47 bits per heavy atom. The van der Waals surface area contributed by atoms with Crippen molar-refractivity contribution in [3.63, 3.8) is 0 Å². The standard InChI is InChI=1S/C25H20F6N6O/c1-13(15-4-3-5-17(10-15)24(26,27)28)33-21-19-12-18(16-6-8-37(20(38)11-16)25(29,30)31)22-32-7-9-36(22)23(19)35-14(2)34-21/h3-6,8,10-13,32H,7,9H2,1-2H3/t13-/m1/s1.